The van der Waals surface area contributed by atoms with Gasteiger partial charge in [0.25, 0.3) is 0 Å². The van der Waals surface area contributed by atoms with Gasteiger partial charge in [0.05, 0.1) is 18.2 Å². The van der Waals surface area contributed by atoms with Crippen LogP contribution in [0.1, 0.15) is 12.0 Å². The van der Waals surface area contributed by atoms with Crippen LogP contribution in [0.5, 0.6) is 0 Å². The largest absolute Gasteiger partial charge is 0.481 e. The molecule has 20 heavy (non-hydrogen) atoms. The Morgan fingerprint density at radius 2 is 2.15 bits per heavy atom. The lowest BCUT2D eigenvalue weighted by Gasteiger charge is -2.15. The van der Waals surface area contributed by atoms with E-state index in [4.69, 9.17) is 9.84 Å². The van der Waals surface area contributed by atoms with Crippen LogP contribution in [0.3, 0.4) is 0 Å². The number of hydrogen-bond donors (Lipinski definition) is 3. The molecule has 0 bridgehead atoms. The number of urea groups is 1. The first-order valence-corrected chi connectivity index (χ1v) is 6.78. The second-order valence-corrected chi connectivity index (χ2v) is 5.02. The number of ether oxygens (including phenoxy) is 1. The zero-order valence-electron chi connectivity index (χ0n) is 11.3. The summed E-state index contributed by atoms with van der Waals surface area (Å²) >= 11 is 3.39. The van der Waals surface area contributed by atoms with E-state index in [1.54, 1.807) is 6.07 Å². The summed E-state index contributed by atoms with van der Waals surface area (Å²) in [4.78, 5) is 22.3. The highest BCUT2D eigenvalue weighted by Gasteiger charge is 2.14. The zero-order chi connectivity index (χ0) is 15.1. The molecule has 0 aliphatic carbocycles. The van der Waals surface area contributed by atoms with Gasteiger partial charge in [0.15, 0.2) is 0 Å². The number of carboxylic acid groups (broad SMARTS) is 1. The summed E-state index contributed by atoms with van der Waals surface area (Å²) in [7, 11) is 1.41. The van der Waals surface area contributed by atoms with E-state index in [0.717, 1.165) is 10.0 Å². The number of rotatable bonds is 6. The van der Waals surface area contributed by atoms with Gasteiger partial charge in [0, 0.05) is 18.1 Å². The number of carboxylic acids is 1. The zero-order valence-corrected chi connectivity index (χ0v) is 12.9. The van der Waals surface area contributed by atoms with E-state index in [-0.39, 0.29) is 13.0 Å². The predicted octanol–water partition coefficient (Wildman–Crippen LogP) is 2.37. The van der Waals surface area contributed by atoms with E-state index in [1.165, 1.54) is 7.11 Å². The smallest absolute Gasteiger partial charge is 0.319 e. The van der Waals surface area contributed by atoms with Gasteiger partial charge in [-0.15, -0.1) is 0 Å². The molecule has 3 N–H and O–H groups in total. The predicted molar refractivity (Wildman–Crippen MR) is 79.0 cm³/mol. The summed E-state index contributed by atoms with van der Waals surface area (Å²) in [6, 6.07) is 5.10. The van der Waals surface area contributed by atoms with Crippen LogP contribution in [-0.4, -0.2) is 36.9 Å². The molecule has 0 saturated heterocycles. The van der Waals surface area contributed by atoms with E-state index in [2.05, 4.69) is 26.6 Å². The number of aryl methyl sites for hydroxylation is 1. The Morgan fingerprint density at radius 3 is 2.75 bits per heavy atom. The quantitative estimate of drug-likeness (QED) is 0.739. The average molecular weight is 345 g/mol. The SMILES string of the molecule is COC(CNC(=O)Nc1cccc(C)c1Br)CC(=O)O. The van der Waals surface area contributed by atoms with Crippen molar-refractivity contribution in [1.29, 1.82) is 0 Å². The average Bonchev–Trinajstić information content (AvgIpc) is 2.39. The van der Waals surface area contributed by atoms with E-state index < -0.39 is 18.1 Å². The Balaban J connectivity index is 2.51. The minimum absolute atomic E-state index is 0.123. The number of aliphatic carboxylic acids is 1. The third kappa shape index (κ3) is 5.18. The Hall–Kier alpha value is -1.60. The molecular formula is C13H17BrN2O4. The topological polar surface area (TPSA) is 87.7 Å². The summed E-state index contributed by atoms with van der Waals surface area (Å²) in [6.45, 7) is 2.04. The fourth-order valence-corrected chi connectivity index (χ4v) is 1.91. The summed E-state index contributed by atoms with van der Waals surface area (Å²) in [5.74, 6) is -0.972. The normalized spacial score (nSPS) is 11.8. The first-order valence-electron chi connectivity index (χ1n) is 5.98. The first-order chi connectivity index (χ1) is 9.43. The minimum atomic E-state index is -0.972. The molecule has 1 rings (SSSR count). The van der Waals surface area contributed by atoms with E-state index >= 15 is 0 Å². The lowest BCUT2D eigenvalue weighted by Crippen LogP contribution is -2.37. The Bertz CT molecular complexity index is 493. The fourth-order valence-electron chi connectivity index (χ4n) is 1.55. The molecule has 110 valence electrons. The molecule has 7 heteroatoms. The molecule has 0 saturated carbocycles. The highest BCUT2D eigenvalue weighted by Crippen LogP contribution is 2.25. The molecule has 6 nitrogen and oxygen atoms in total. The molecule has 0 fully saturated rings. The van der Waals surface area contributed by atoms with Crippen molar-refractivity contribution < 1.29 is 19.4 Å². The maximum atomic E-state index is 11.7. The van der Waals surface area contributed by atoms with Crippen LogP contribution in [0.2, 0.25) is 0 Å². The van der Waals surface area contributed by atoms with Crippen molar-refractivity contribution in [3.05, 3.63) is 28.2 Å². The fraction of sp³-hybridized carbons (Fsp3) is 0.385. The van der Waals surface area contributed by atoms with Crippen LogP contribution >= 0.6 is 15.9 Å². The number of nitrogens with one attached hydrogen (secondary N) is 2. The number of hydrogen-bond acceptors (Lipinski definition) is 3. The number of anilines is 1. The molecule has 1 aromatic carbocycles. The molecule has 1 unspecified atom stereocenters. The minimum Gasteiger partial charge on any atom is -0.481 e. The van der Waals surface area contributed by atoms with Gasteiger partial charge in [-0.2, -0.15) is 0 Å². The second-order valence-electron chi connectivity index (χ2n) is 4.23. The molecule has 0 aromatic heterocycles. The Kier molecular flexibility index (Phi) is 6.47. The van der Waals surface area contributed by atoms with Gasteiger partial charge in [-0.1, -0.05) is 12.1 Å². The summed E-state index contributed by atoms with van der Waals surface area (Å²) in [5.41, 5.74) is 1.65. The molecule has 0 spiro atoms. The molecule has 0 aliphatic rings. The summed E-state index contributed by atoms with van der Waals surface area (Å²) in [5, 5.41) is 13.9. The van der Waals surface area contributed by atoms with Crippen molar-refractivity contribution in [2.45, 2.75) is 19.4 Å². The van der Waals surface area contributed by atoms with Crippen molar-refractivity contribution in [1.82, 2.24) is 5.32 Å². The Labute approximate surface area is 125 Å². The molecular weight excluding hydrogens is 328 g/mol. The van der Waals surface area contributed by atoms with Gasteiger partial charge < -0.3 is 20.5 Å². The van der Waals surface area contributed by atoms with Crippen molar-refractivity contribution in [3.63, 3.8) is 0 Å². The van der Waals surface area contributed by atoms with E-state index in [0.29, 0.717) is 5.69 Å². The third-order valence-corrected chi connectivity index (χ3v) is 3.72. The lowest BCUT2D eigenvalue weighted by atomic mass is 10.2. The highest BCUT2D eigenvalue weighted by atomic mass is 79.9. The highest BCUT2D eigenvalue weighted by molar-refractivity contribution is 9.10. The van der Waals surface area contributed by atoms with E-state index in [9.17, 15) is 9.59 Å². The van der Waals surface area contributed by atoms with Crippen molar-refractivity contribution >= 4 is 33.6 Å². The van der Waals surface area contributed by atoms with Crippen molar-refractivity contribution in [3.8, 4) is 0 Å². The molecule has 0 radical (unpaired) electrons. The molecule has 0 aliphatic heterocycles. The monoisotopic (exact) mass is 344 g/mol. The van der Waals surface area contributed by atoms with E-state index in [1.807, 2.05) is 19.1 Å². The summed E-state index contributed by atoms with van der Waals surface area (Å²) < 4.78 is 5.78. The van der Waals surface area contributed by atoms with Gasteiger partial charge in [-0.25, -0.2) is 4.79 Å². The number of carbonyl (C=O) groups excluding carboxylic acids is 1. The maximum absolute atomic E-state index is 11.7. The maximum Gasteiger partial charge on any atom is 0.319 e. The first kappa shape index (κ1) is 16.5. The van der Waals surface area contributed by atoms with Crippen LogP contribution in [0, 0.1) is 6.92 Å². The number of amides is 2. The van der Waals surface area contributed by atoms with Gasteiger partial charge in [-0.05, 0) is 34.5 Å². The van der Waals surface area contributed by atoms with Crippen molar-refractivity contribution in [2.24, 2.45) is 0 Å². The molecule has 1 aromatic rings. The van der Waals surface area contributed by atoms with Gasteiger partial charge in [-0.3, -0.25) is 4.79 Å². The van der Waals surface area contributed by atoms with Crippen LogP contribution in [0.4, 0.5) is 10.5 Å². The molecule has 1 atom stereocenters. The number of benzene rings is 1. The summed E-state index contributed by atoms with van der Waals surface area (Å²) in [6.07, 6.45) is -0.718. The number of halogens is 1. The second kappa shape index (κ2) is 7.86. The van der Waals surface area contributed by atoms with Crippen LogP contribution in [-0.2, 0) is 9.53 Å². The number of carbonyl (C=O) groups is 2. The third-order valence-electron chi connectivity index (χ3n) is 2.67. The van der Waals surface area contributed by atoms with Crippen LogP contribution in [0.25, 0.3) is 0 Å². The van der Waals surface area contributed by atoms with Gasteiger partial charge >= 0.3 is 12.0 Å². The van der Waals surface area contributed by atoms with Crippen LogP contribution in [0.15, 0.2) is 22.7 Å². The van der Waals surface area contributed by atoms with Gasteiger partial charge in [0.1, 0.15) is 0 Å². The number of methoxy groups -OCH3 is 1. The standard InChI is InChI=1S/C13H17BrN2O4/c1-8-4-3-5-10(12(8)14)16-13(19)15-7-9(20-2)6-11(17)18/h3-5,9H,6-7H2,1-2H3,(H,17,18)(H2,15,16,19). The molecule has 2 amide bonds. The van der Waals surface area contributed by atoms with Crippen LogP contribution < -0.4 is 10.6 Å². The lowest BCUT2D eigenvalue weighted by molar-refractivity contribution is -0.139. The van der Waals surface area contributed by atoms with Gasteiger partial charge in [0.2, 0.25) is 0 Å². The Morgan fingerprint density at radius 1 is 1.45 bits per heavy atom. The molecule has 0 heterocycles. The van der Waals surface area contributed by atoms with Crippen molar-refractivity contribution in [2.75, 3.05) is 19.0 Å².